The van der Waals surface area contributed by atoms with Crippen LogP contribution in [0.1, 0.15) is 38.9 Å². The van der Waals surface area contributed by atoms with Gasteiger partial charge in [-0.25, -0.2) is 4.98 Å². The number of nitrogens with zero attached hydrogens (tertiary/aromatic N) is 4. The second-order valence-corrected chi connectivity index (χ2v) is 15.9. The van der Waals surface area contributed by atoms with Crippen molar-refractivity contribution in [3.8, 4) is 0 Å². The SMILES string of the molecule is c1ccc(N2c3cc(N4c5ccccc5C(c5ccccc5)(c5ccccc5)c5ccccc54)ccc3C(c3ccccc3)(c3ccccc3)n3c2nc2ccccc23)cc1. The second-order valence-electron chi connectivity index (χ2n) is 15.9. The molecule has 4 heteroatoms. The summed E-state index contributed by atoms with van der Waals surface area (Å²) < 4.78 is 2.47. The van der Waals surface area contributed by atoms with Crippen LogP contribution >= 0.6 is 0 Å². The average Bonchev–Trinajstić information content (AvgIpc) is 3.73. The van der Waals surface area contributed by atoms with E-state index in [1.807, 2.05) is 0 Å². The summed E-state index contributed by atoms with van der Waals surface area (Å²) in [7, 11) is 0. The van der Waals surface area contributed by atoms with Crippen molar-refractivity contribution in [2.24, 2.45) is 0 Å². The van der Waals surface area contributed by atoms with Crippen LogP contribution in [0, 0.1) is 0 Å². The van der Waals surface area contributed by atoms with Crippen molar-refractivity contribution in [2.45, 2.75) is 11.0 Å². The molecule has 0 amide bonds. The molecule has 0 bridgehead atoms. The molecule has 0 saturated heterocycles. The van der Waals surface area contributed by atoms with Crippen molar-refractivity contribution in [3.63, 3.8) is 0 Å². The standard InChI is InChI=1S/C57H40N4/c1-6-22-41(23-7-1)56(42-24-8-2-9-25-42)47-32-16-19-35-51(47)59(52-36-20-17-33-48(52)56)46-38-39-49-54(40-46)60(45-30-14-5-15-31-45)55-58-50-34-18-21-37-53(50)61(55)57(49,43-26-10-3-11-27-43)44-28-12-4-13-29-44/h1-40H. The molecule has 12 rings (SSSR count). The Morgan fingerprint density at radius 3 is 1.34 bits per heavy atom. The molecule has 4 nitrogen and oxygen atoms in total. The summed E-state index contributed by atoms with van der Waals surface area (Å²) in [5, 5.41) is 0. The monoisotopic (exact) mass is 780 g/mol. The van der Waals surface area contributed by atoms with Gasteiger partial charge in [0.15, 0.2) is 0 Å². The Hall–Kier alpha value is -7.95. The molecule has 0 atom stereocenters. The third kappa shape index (κ3) is 4.97. The molecular formula is C57H40N4. The van der Waals surface area contributed by atoms with Gasteiger partial charge in [0.2, 0.25) is 5.95 Å². The summed E-state index contributed by atoms with van der Waals surface area (Å²) in [5.74, 6) is 0.858. The first-order valence-electron chi connectivity index (χ1n) is 21.0. The van der Waals surface area contributed by atoms with Crippen molar-refractivity contribution < 1.29 is 0 Å². The highest BCUT2D eigenvalue weighted by molar-refractivity contribution is 5.94. The number of hydrogen-bond acceptors (Lipinski definition) is 3. The lowest BCUT2D eigenvalue weighted by molar-refractivity contribution is 0.520. The third-order valence-corrected chi connectivity index (χ3v) is 12.9. The van der Waals surface area contributed by atoms with E-state index in [1.54, 1.807) is 0 Å². The Bertz CT molecular complexity index is 3070. The van der Waals surface area contributed by atoms with E-state index >= 15 is 0 Å². The highest BCUT2D eigenvalue weighted by Crippen LogP contribution is 2.60. The van der Waals surface area contributed by atoms with Gasteiger partial charge in [-0.2, -0.15) is 0 Å². The molecule has 2 aliphatic rings. The maximum Gasteiger partial charge on any atom is 0.217 e. The predicted molar refractivity (Wildman–Crippen MR) is 249 cm³/mol. The maximum absolute atomic E-state index is 5.53. The van der Waals surface area contributed by atoms with Crippen molar-refractivity contribution >= 4 is 45.4 Å². The van der Waals surface area contributed by atoms with E-state index in [0.29, 0.717) is 0 Å². The zero-order valence-corrected chi connectivity index (χ0v) is 33.4. The number of rotatable bonds is 6. The van der Waals surface area contributed by atoms with Crippen LogP contribution in [0.15, 0.2) is 243 Å². The molecule has 0 N–H and O–H groups in total. The summed E-state index contributed by atoms with van der Waals surface area (Å²) in [4.78, 5) is 10.4. The van der Waals surface area contributed by atoms with E-state index in [1.165, 1.54) is 22.3 Å². The third-order valence-electron chi connectivity index (χ3n) is 12.9. The van der Waals surface area contributed by atoms with Crippen molar-refractivity contribution in [1.82, 2.24) is 9.55 Å². The van der Waals surface area contributed by atoms with Crippen molar-refractivity contribution in [2.75, 3.05) is 9.80 Å². The van der Waals surface area contributed by atoms with Gasteiger partial charge in [0, 0.05) is 16.9 Å². The highest BCUT2D eigenvalue weighted by atomic mass is 15.4. The van der Waals surface area contributed by atoms with Gasteiger partial charge in [0.1, 0.15) is 5.54 Å². The molecule has 61 heavy (non-hydrogen) atoms. The molecule has 1 aromatic heterocycles. The van der Waals surface area contributed by atoms with Gasteiger partial charge < -0.3 is 4.90 Å². The number of benzene rings is 9. The first-order chi connectivity index (χ1) is 30.3. The molecule has 0 radical (unpaired) electrons. The van der Waals surface area contributed by atoms with Crippen LogP contribution in [-0.2, 0) is 11.0 Å². The van der Waals surface area contributed by atoms with E-state index in [-0.39, 0.29) is 0 Å². The summed E-state index contributed by atoms with van der Waals surface area (Å²) in [6.07, 6.45) is 0. The normalized spacial score (nSPS) is 14.4. The van der Waals surface area contributed by atoms with Crippen LogP contribution in [0.25, 0.3) is 11.0 Å². The van der Waals surface area contributed by atoms with Crippen LogP contribution < -0.4 is 9.80 Å². The van der Waals surface area contributed by atoms with Gasteiger partial charge in [0.05, 0.1) is 33.5 Å². The van der Waals surface area contributed by atoms with E-state index in [2.05, 4.69) is 257 Å². The van der Waals surface area contributed by atoms with Gasteiger partial charge in [0.25, 0.3) is 0 Å². The van der Waals surface area contributed by atoms with Crippen LogP contribution in [0.5, 0.6) is 0 Å². The van der Waals surface area contributed by atoms with Gasteiger partial charge in [-0.05, 0) is 81.9 Å². The highest BCUT2D eigenvalue weighted by Gasteiger charge is 2.50. The second kappa shape index (κ2) is 13.8. The lowest BCUT2D eigenvalue weighted by atomic mass is 9.62. The van der Waals surface area contributed by atoms with Crippen molar-refractivity contribution in [3.05, 3.63) is 282 Å². The average molecular weight is 781 g/mol. The minimum absolute atomic E-state index is 0.558. The van der Waals surface area contributed by atoms with Gasteiger partial charge in [-0.3, -0.25) is 9.47 Å². The fourth-order valence-corrected chi connectivity index (χ4v) is 10.5. The number of imidazole rings is 1. The zero-order valence-electron chi connectivity index (χ0n) is 33.4. The summed E-state index contributed by atoms with van der Waals surface area (Å²) >= 11 is 0. The van der Waals surface area contributed by atoms with E-state index in [0.717, 1.165) is 62.1 Å². The predicted octanol–water partition coefficient (Wildman–Crippen LogP) is 13.8. The molecule has 0 aliphatic carbocycles. The van der Waals surface area contributed by atoms with Crippen LogP contribution in [-0.4, -0.2) is 9.55 Å². The topological polar surface area (TPSA) is 24.3 Å². The van der Waals surface area contributed by atoms with Gasteiger partial charge in [-0.15, -0.1) is 0 Å². The lowest BCUT2D eigenvalue weighted by Gasteiger charge is -2.48. The Morgan fingerprint density at radius 1 is 0.328 bits per heavy atom. The molecule has 288 valence electrons. The minimum atomic E-state index is -0.763. The molecule has 0 unspecified atom stereocenters. The number of aromatic nitrogens is 2. The van der Waals surface area contributed by atoms with Crippen LogP contribution in [0.4, 0.5) is 34.4 Å². The first kappa shape index (κ1) is 35.0. The number of hydrogen-bond donors (Lipinski definition) is 0. The summed E-state index contributed by atoms with van der Waals surface area (Å²) in [6.45, 7) is 0. The molecular weight excluding hydrogens is 741 g/mol. The quantitative estimate of drug-likeness (QED) is 0.168. The maximum atomic E-state index is 5.53. The van der Waals surface area contributed by atoms with E-state index in [4.69, 9.17) is 4.98 Å². The van der Waals surface area contributed by atoms with E-state index in [9.17, 15) is 0 Å². The molecule has 0 fully saturated rings. The summed E-state index contributed by atoms with van der Waals surface area (Å²) in [6, 6.07) is 88.2. The minimum Gasteiger partial charge on any atom is -0.310 e. The number of para-hydroxylation sites is 5. The lowest BCUT2D eigenvalue weighted by Crippen LogP contribution is -2.43. The fraction of sp³-hybridized carbons (Fsp3) is 0.0351. The zero-order chi connectivity index (χ0) is 40.4. The Morgan fingerprint density at radius 2 is 0.787 bits per heavy atom. The van der Waals surface area contributed by atoms with Gasteiger partial charge in [-0.1, -0.05) is 194 Å². The molecule has 2 aliphatic heterocycles. The Kier molecular flexibility index (Phi) is 7.94. The fourth-order valence-electron chi connectivity index (χ4n) is 10.5. The van der Waals surface area contributed by atoms with Gasteiger partial charge >= 0.3 is 0 Å². The molecule has 10 aromatic rings. The molecule has 0 spiro atoms. The molecule has 9 aromatic carbocycles. The van der Waals surface area contributed by atoms with Crippen molar-refractivity contribution in [1.29, 1.82) is 0 Å². The Balaban J connectivity index is 1.19. The van der Waals surface area contributed by atoms with Crippen LogP contribution in [0.3, 0.4) is 0 Å². The molecule has 3 heterocycles. The molecule has 0 saturated carbocycles. The number of fused-ring (bicyclic) bond motifs is 6. The largest absolute Gasteiger partial charge is 0.310 e. The van der Waals surface area contributed by atoms with Crippen LogP contribution in [0.2, 0.25) is 0 Å². The smallest absolute Gasteiger partial charge is 0.217 e. The van der Waals surface area contributed by atoms with E-state index < -0.39 is 11.0 Å². The first-order valence-corrected chi connectivity index (χ1v) is 21.0. The Labute approximate surface area is 355 Å². The number of anilines is 6. The summed E-state index contributed by atoms with van der Waals surface area (Å²) in [5.41, 5.74) is 14.6.